The van der Waals surface area contributed by atoms with E-state index >= 15 is 0 Å². The molecule has 0 bridgehead atoms. The van der Waals surface area contributed by atoms with Crippen molar-refractivity contribution in [3.63, 3.8) is 0 Å². The lowest BCUT2D eigenvalue weighted by Gasteiger charge is -2.44. The van der Waals surface area contributed by atoms with Crippen LogP contribution in [0.5, 0.6) is 0 Å². The molecule has 0 amide bonds. The molecule has 1 aromatic heterocycles. The highest BCUT2D eigenvalue weighted by molar-refractivity contribution is 5.24. The van der Waals surface area contributed by atoms with Crippen LogP contribution in [0.25, 0.3) is 0 Å². The molecular formula is C24H29N3. The smallest absolute Gasteiger partial charge is 0.0955 e. The molecule has 3 nitrogen and oxygen atoms in total. The van der Waals surface area contributed by atoms with Crippen molar-refractivity contribution < 1.29 is 0 Å². The Kier molecular flexibility index (Phi) is 4.88. The van der Waals surface area contributed by atoms with E-state index in [4.69, 9.17) is 4.98 Å². The summed E-state index contributed by atoms with van der Waals surface area (Å²) in [4.78, 5) is 7.46. The zero-order valence-electron chi connectivity index (χ0n) is 16.6. The number of hydrogen-bond acceptors (Lipinski definition) is 2. The molecule has 3 aromatic rings. The summed E-state index contributed by atoms with van der Waals surface area (Å²) in [6, 6.07) is 22.0. The van der Waals surface area contributed by atoms with Crippen LogP contribution in [0.2, 0.25) is 0 Å². The molecule has 4 rings (SSSR count). The van der Waals surface area contributed by atoms with Crippen molar-refractivity contribution in [2.45, 2.75) is 58.3 Å². The second-order valence-corrected chi connectivity index (χ2v) is 8.60. The van der Waals surface area contributed by atoms with E-state index in [0.29, 0.717) is 6.04 Å². The second-order valence-electron chi connectivity index (χ2n) is 8.60. The number of fused-ring (bicyclic) bond motifs is 1. The average Bonchev–Trinajstić information content (AvgIpc) is 3.04. The van der Waals surface area contributed by atoms with Crippen LogP contribution in [0.15, 0.2) is 67.0 Å². The van der Waals surface area contributed by atoms with Gasteiger partial charge in [-0.2, -0.15) is 0 Å². The molecule has 0 fully saturated rings. The van der Waals surface area contributed by atoms with Gasteiger partial charge in [0.1, 0.15) is 0 Å². The molecule has 0 aliphatic carbocycles. The molecule has 0 spiro atoms. The minimum atomic E-state index is 0.124. The van der Waals surface area contributed by atoms with E-state index in [1.54, 1.807) is 0 Å². The van der Waals surface area contributed by atoms with E-state index in [1.165, 1.54) is 22.5 Å². The lowest BCUT2D eigenvalue weighted by atomic mass is 9.91. The fourth-order valence-corrected chi connectivity index (χ4v) is 4.20. The van der Waals surface area contributed by atoms with E-state index in [2.05, 4.69) is 90.9 Å². The van der Waals surface area contributed by atoms with Gasteiger partial charge in [0.25, 0.3) is 0 Å². The molecule has 0 unspecified atom stereocenters. The summed E-state index contributed by atoms with van der Waals surface area (Å²) in [6.07, 6.45) is 4.12. The predicted molar refractivity (Wildman–Crippen MR) is 111 cm³/mol. The Hall–Kier alpha value is -2.39. The van der Waals surface area contributed by atoms with E-state index in [1.807, 2.05) is 6.33 Å². The zero-order chi connectivity index (χ0) is 18.9. The van der Waals surface area contributed by atoms with Gasteiger partial charge in [-0.05, 0) is 38.3 Å². The number of hydrogen-bond donors (Lipinski definition) is 0. The van der Waals surface area contributed by atoms with Gasteiger partial charge in [0.05, 0.1) is 17.7 Å². The van der Waals surface area contributed by atoms with Gasteiger partial charge in [-0.15, -0.1) is 0 Å². The van der Waals surface area contributed by atoms with Crippen LogP contribution < -0.4 is 0 Å². The molecule has 140 valence electrons. The van der Waals surface area contributed by atoms with Gasteiger partial charge in [0, 0.05) is 31.1 Å². The maximum atomic E-state index is 4.80. The third-order valence-electron chi connectivity index (χ3n) is 5.59. The van der Waals surface area contributed by atoms with Crippen molar-refractivity contribution >= 4 is 0 Å². The molecule has 2 heterocycles. The van der Waals surface area contributed by atoms with Gasteiger partial charge in [-0.3, -0.25) is 4.90 Å². The number of imidazole rings is 1. The molecule has 1 aliphatic rings. The van der Waals surface area contributed by atoms with E-state index in [9.17, 15) is 0 Å². The maximum Gasteiger partial charge on any atom is 0.0955 e. The average molecular weight is 360 g/mol. The number of benzene rings is 2. The Morgan fingerprint density at radius 3 is 2.19 bits per heavy atom. The summed E-state index contributed by atoms with van der Waals surface area (Å²) in [5.41, 5.74) is 5.50. The van der Waals surface area contributed by atoms with Gasteiger partial charge >= 0.3 is 0 Å². The highest BCUT2D eigenvalue weighted by Gasteiger charge is 2.35. The summed E-state index contributed by atoms with van der Waals surface area (Å²) in [5, 5.41) is 0. The summed E-state index contributed by atoms with van der Waals surface area (Å²) in [7, 11) is 0. The van der Waals surface area contributed by atoms with Crippen LogP contribution in [0.3, 0.4) is 0 Å². The van der Waals surface area contributed by atoms with Crippen LogP contribution in [0.1, 0.15) is 43.3 Å². The number of aromatic nitrogens is 2. The van der Waals surface area contributed by atoms with Gasteiger partial charge < -0.3 is 4.57 Å². The molecule has 0 saturated heterocycles. The predicted octanol–water partition coefficient (Wildman–Crippen LogP) is 4.70. The van der Waals surface area contributed by atoms with Crippen LogP contribution in [0.4, 0.5) is 0 Å². The maximum absolute atomic E-state index is 4.80. The minimum absolute atomic E-state index is 0.124. The van der Waals surface area contributed by atoms with Crippen LogP contribution >= 0.6 is 0 Å². The highest BCUT2D eigenvalue weighted by Crippen LogP contribution is 2.31. The third kappa shape index (κ3) is 3.98. The summed E-state index contributed by atoms with van der Waals surface area (Å²) >= 11 is 0. The molecule has 0 N–H and O–H groups in total. The van der Waals surface area contributed by atoms with Crippen molar-refractivity contribution in [1.29, 1.82) is 0 Å². The van der Waals surface area contributed by atoms with Gasteiger partial charge in [0.2, 0.25) is 0 Å². The quantitative estimate of drug-likeness (QED) is 0.673. The van der Waals surface area contributed by atoms with Crippen LogP contribution in [-0.2, 0) is 25.9 Å². The molecule has 27 heavy (non-hydrogen) atoms. The first-order chi connectivity index (χ1) is 13.0. The van der Waals surface area contributed by atoms with E-state index < -0.39 is 0 Å². The van der Waals surface area contributed by atoms with Crippen molar-refractivity contribution in [1.82, 2.24) is 14.5 Å². The normalized spacial score (nSPS) is 17.7. The monoisotopic (exact) mass is 359 g/mol. The first-order valence-electron chi connectivity index (χ1n) is 9.88. The Labute approximate surface area is 162 Å². The standard InChI is InChI=1S/C24H29N3/c1-24(2,3)27-17-23-22(15-21(27)14-19-10-6-4-7-11-19)25-18-26(23)16-20-12-8-5-9-13-20/h4-13,18,21H,14-17H2,1-3H3/t21-/m0/s1. The second kappa shape index (κ2) is 7.32. The zero-order valence-corrected chi connectivity index (χ0v) is 16.6. The number of nitrogens with zero attached hydrogens (tertiary/aromatic N) is 3. The van der Waals surface area contributed by atoms with Crippen LogP contribution in [0, 0.1) is 0 Å². The third-order valence-corrected chi connectivity index (χ3v) is 5.59. The fourth-order valence-electron chi connectivity index (χ4n) is 4.20. The molecule has 1 aliphatic heterocycles. The van der Waals surface area contributed by atoms with Crippen LogP contribution in [-0.4, -0.2) is 26.0 Å². The Balaban J connectivity index is 1.61. The highest BCUT2D eigenvalue weighted by atomic mass is 15.2. The van der Waals surface area contributed by atoms with Gasteiger partial charge in [-0.25, -0.2) is 4.98 Å². The SMILES string of the molecule is CC(C)(C)N1Cc2c(ncn2Cc2ccccc2)C[C@@H]1Cc1ccccc1. The molecule has 0 saturated carbocycles. The van der Waals surface area contributed by atoms with E-state index in [0.717, 1.165) is 25.9 Å². The Morgan fingerprint density at radius 2 is 1.56 bits per heavy atom. The topological polar surface area (TPSA) is 21.1 Å². The number of rotatable bonds is 4. The first kappa shape index (κ1) is 18.0. The Bertz CT molecular complexity index is 875. The summed E-state index contributed by atoms with van der Waals surface area (Å²) in [6.45, 7) is 8.84. The molecule has 0 radical (unpaired) electrons. The van der Waals surface area contributed by atoms with Crippen molar-refractivity contribution in [3.8, 4) is 0 Å². The van der Waals surface area contributed by atoms with E-state index in [-0.39, 0.29) is 5.54 Å². The molecule has 3 heteroatoms. The molecule has 1 atom stereocenters. The molecule has 2 aromatic carbocycles. The Morgan fingerprint density at radius 1 is 0.926 bits per heavy atom. The van der Waals surface area contributed by atoms with Gasteiger partial charge in [0.15, 0.2) is 0 Å². The van der Waals surface area contributed by atoms with Gasteiger partial charge in [-0.1, -0.05) is 60.7 Å². The summed E-state index contributed by atoms with van der Waals surface area (Å²) in [5.74, 6) is 0. The fraction of sp³-hybridized carbons (Fsp3) is 0.375. The van der Waals surface area contributed by atoms with Crippen molar-refractivity contribution in [3.05, 3.63) is 89.5 Å². The lowest BCUT2D eigenvalue weighted by Crippen LogP contribution is -2.52. The minimum Gasteiger partial charge on any atom is -0.329 e. The summed E-state index contributed by atoms with van der Waals surface area (Å²) < 4.78 is 2.34. The largest absolute Gasteiger partial charge is 0.329 e. The first-order valence-corrected chi connectivity index (χ1v) is 9.88. The van der Waals surface area contributed by atoms with Crippen molar-refractivity contribution in [2.75, 3.05) is 0 Å². The lowest BCUT2D eigenvalue weighted by molar-refractivity contribution is 0.0592. The molecular weight excluding hydrogens is 330 g/mol. The van der Waals surface area contributed by atoms with Crippen molar-refractivity contribution in [2.24, 2.45) is 0 Å².